The van der Waals surface area contributed by atoms with Crippen LogP contribution in [-0.4, -0.2) is 38.8 Å². The Morgan fingerprint density at radius 3 is 1.39 bits per heavy atom. The fourth-order valence-corrected chi connectivity index (χ4v) is 3.83. The number of carboxylic acids is 1. The van der Waals surface area contributed by atoms with Gasteiger partial charge >= 0.3 is 0 Å². The largest absolute Gasteiger partial charge is 0.550 e. The zero-order chi connectivity index (χ0) is 20.7. The Labute approximate surface area is 175 Å². The Balaban J connectivity index is 0.00000165. The summed E-state index contributed by atoms with van der Waals surface area (Å²) in [5.41, 5.74) is 0. The summed E-state index contributed by atoms with van der Waals surface area (Å²) in [6.07, 6.45) is 23.4. The topological polar surface area (TPSA) is 53.8 Å². The van der Waals surface area contributed by atoms with Crippen molar-refractivity contribution >= 4 is 5.97 Å². The van der Waals surface area contributed by atoms with Gasteiger partial charge in [-0.3, -0.25) is 0 Å². The number of aliphatic carboxylic acids is 1. The molecule has 0 aromatic rings. The molecule has 1 aliphatic heterocycles. The van der Waals surface area contributed by atoms with Crippen LogP contribution in [0.4, 0.5) is 0 Å². The molecule has 1 N–H and O–H groups in total. The molecule has 28 heavy (non-hydrogen) atoms. The summed E-state index contributed by atoms with van der Waals surface area (Å²) in [5.74, 6) is -1.08. The summed E-state index contributed by atoms with van der Waals surface area (Å²) in [7, 11) is 0. The van der Waals surface area contributed by atoms with Crippen molar-refractivity contribution in [1.82, 2.24) is 0 Å². The predicted molar refractivity (Wildman–Crippen MR) is 117 cm³/mol. The number of hydrogen-bond acceptors (Lipinski definition) is 3. The van der Waals surface area contributed by atoms with Crippen LogP contribution in [0.5, 0.6) is 0 Å². The molecule has 4 heteroatoms. The molecule has 0 atom stereocenters. The Morgan fingerprint density at radius 2 is 1.04 bits per heavy atom. The molecule has 0 radical (unpaired) electrons. The van der Waals surface area contributed by atoms with Crippen molar-refractivity contribution in [2.45, 2.75) is 117 Å². The van der Waals surface area contributed by atoms with E-state index in [0.29, 0.717) is 0 Å². The summed E-state index contributed by atoms with van der Waals surface area (Å²) in [5, 5.41) is 8.89. The van der Waals surface area contributed by atoms with Crippen molar-refractivity contribution < 1.29 is 19.5 Å². The third-order valence-electron chi connectivity index (χ3n) is 5.58. The van der Waals surface area contributed by atoms with Crippen LogP contribution in [0, 0.1) is 0 Å². The van der Waals surface area contributed by atoms with Gasteiger partial charge in [0.15, 0.2) is 0 Å². The van der Waals surface area contributed by atoms with Crippen LogP contribution >= 0.6 is 0 Å². The molecule has 0 aromatic carbocycles. The quantitative estimate of drug-likeness (QED) is 0.377. The molecule has 1 saturated heterocycles. The van der Waals surface area contributed by atoms with Gasteiger partial charge in [-0.25, -0.2) is 0 Å². The van der Waals surface area contributed by atoms with Gasteiger partial charge < -0.3 is 19.5 Å². The first-order chi connectivity index (χ1) is 13.7. The molecule has 0 spiro atoms. The number of rotatable bonds is 17. The van der Waals surface area contributed by atoms with Gasteiger partial charge in [0.05, 0.1) is 19.8 Å². The van der Waals surface area contributed by atoms with E-state index in [4.69, 9.17) is 14.6 Å². The molecule has 0 aliphatic carbocycles. The number of carboxylic acid groups (broad SMARTS) is 1. The summed E-state index contributed by atoms with van der Waals surface area (Å²) >= 11 is 0. The lowest BCUT2D eigenvalue weighted by Crippen LogP contribution is -3.14. The summed E-state index contributed by atoms with van der Waals surface area (Å²) < 4.78 is 5.41. The van der Waals surface area contributed by atoms with Crippen LogP contribution < -0.4 is 10.0 Å². The monoisotopic (exact) mass is 399 g/mol. The molecule has 0 amide bonds. The third kappa shape index (κ3) is 23.4. The standard InChI is InChI=1S/C22H45NO.C2H4O2/c1-2-3-4-5-6-7-8-9-10-11-12-13-14-15-16-17-18-23-19-21-24-22-20-23;1-2(3)4/h2-22H2,1H3;1H3,(H,3,4). The summed E-state index contributed by atoms with van der Waals surface area (Å²) in [6, 6.07) is 0. The van der Waals surface area contributed by atoms with E-state index < -0.39 is 5.97 Å². The third-order valence-corrected chi connectivity index (χ3v) is 5.58. The Morgan fingerprint density at radius 1 is 0.714 bits per heavy atom. The van der Waals surface area contributed by atoms with Crippen LogP contribution in [0.15, 0.2) is 0 Å². The fourth-order valence-electron chi connectivity index (χ4n) is 3.83. The van der Waals surface area contributed by atoms with Gasteiger partial charge in [0.2, 0.25) is 0 Å². The zero-order valence-corrected chi connectivity index (χ0v) is 19.1. The molecule has 0 bridgehead atoms. The highest BCUT2D eigenvalue weighted by Crippen LogP contribution is 2.13. The highest BCUT2D eigenvalue weighted by molar-refractivity contribution is 5.60. The fraction of sp³-hybridized carbons (Fsp3) is 0.958. The van der Waals surface area contributed by atoms with E-state index in [1.165, 1.54) is 122 Å². The second-order valence-electron chi connectivity index (χ2n) is 8.41. The maximum absolute atomic E-state index is 8.89. The first kappa shape index (κ1) is 27.4. The van der Waals surface area contributed by atoms with Gasteiger partial charge in [-0.15, -0.1) is 0 Å². The minimum atomic E-state index is -1.08. The number of quaternary nitrogens is 1. The number of hydrogen-bond donors (Lipinski definition) is 1. The molecular weight excluding hydrogens is 350 g/mol. The Kier molecular flexibility index (Phi) is 22.2. The summed E-state index contributed by atoms with van der Waals surface area (Å²) in [6.45, 7) is 9.08. The molecule has 1 fully saturated rings. The maximum Gasteiger partial charge on any atom is 0.101 e. The van der Waals surface area contributed by atoms with Gasteiger partial charge in [-0.2, -0.15) is 0 Å². The Bertz CT molecular complexity index is 313. The first-order valence-corrected chi connectivity index (χ1v) is 12.3. The normalized spacial score (nSPS) is 14.5. The molecule has 1 aliphatic rings. The SMILES string of the molecule is CC(=O)[O-].CCCCCCCCCCCCCCCCCC[NH+]1CCOCC1. The Hall–Kier alpha value is -0.610. The first-order valence-electron chi connectivity index (χ1n) is 12.3. The number of nitrogens with one attached hydrogen (secondary N) is 1. The molecule has 0 unspecified atom stereocenters. The molecule has 4 nitrogen and oxygen atoms in total. The van der Waals surface area contributed by atoms with Gasteiger partial charge in [0, 0.05) is 5.97 Å². The van der Waals surface area contributed by atoms with Crippen molar-refractivity contribution in [2.75, 3.05) is 32.8 Å². The number of ether oxygens (including phenoxy) is 1. The molecule has 0 aromatic heterocycles. The highest BCUT2D eigenvalue weighted by Gasteiger charge is 2.12. The van der Waals surface area contributed by atoms with Crippen LogP contribution in [-0.2, 0) is 9.53 Å². The van der Waals surface area contributed by atoms with Crippen LogP contribution in [0.3, 0.4) is 0 Å². The van der Waals surface area contributed by atoms with Crippen LogP contribution in [0.2, 0.25) is 0 Å². The molecule has 1 heterocycles. The molecule has 0 saturated carbocycles. The van der Waals surface area contributed by atoms with Crippen molar-refractivity contribution in [3.8, 4) is 0 Å². The van der Waals surface area contributed by atoms with E-state index in [1.807, 2.05) is 0 Å². The van der Waals surface area contributed by atoms with Gasteiger partial charge in [0.25, 0.3) is 0 Å². The smallest absolute Gasteiger partial charge is 0.101 e. The van der Waals surface area contributed by atoms with E-state index in [9.17, 15) is 0 Å². The number of carbonyl (C=O) groups excluding carboxylic acids is 1. The van der Waals surface area contributed by atoms with Gasteiger partial charge in [-0.05, 0) is 19.8 Å². The second-order valence-corrected chi connectivity index (χ2v) is 8.41. The average molecular weight is 400 g/mol. The lowest BCUT2D eigenvalue weighted by Gasteiger charge is -2.23. The van der Waals surface area contributed by atoms with E-state index in [-0.39, 0.29) is 0 Å². The van der Waals surface area contributed by atoms with Gasteiger partial charge in [0.1, 0.15) is 13.1 Å². The summed E-state index contributed by atoms with van der Waals surface area (Å²) in [4.78, 5) is 10.7. The number of morpholine rings is 1. The predicted octanol–water partition coefficient (Wildman–Crippen LogP) is 3.92. The van der Waals surface area contributed by atoms with Gasteiger partial charge in [-0.1, -0.05) is 96.8 Å². The molecule has 1 rings (SSSR count). The van der Waals surface area contributed by atoms with Crippen molar-refractivity contribution in [3.63, 3.8) is 0 Å². The van der Waals surface area contributed by atoms with E-state index >= 15 is 0 Å². The van der Waals surface area contributed by atoms with E-state index in [1.54, 1.807) is 4.90 Å². The minimum Gasteiger partial charge on any atom is -0.550 e. The van der Waals surface area contributed by atoms with E-state index in [0.717, 1.165) is 20.1 Å². The maximum atomic E-state index is 8.89. The van der Waals surface area contributed by atoms with Crippen molar-refractivity contribution in [3.05, 3.63) is 0 Å². The molecule has 168 valence electrons. The number of unbranched alkanes of at least 4 members (excludes halogenated alkanes) is 15. The minimum absolute atomic E-state index is 0.972. The van der Waals surface area contributed by atoms with Crippen molar-refractivity contribution in [2.24, 2.45) is 0 Å². The molecular formula is C24H49NO3. The average Bonchev–Trinajstić information content (AvgIpc) is 2.68. The number of carbonyl (C=O) groups is 1. The van der Waals surface area contributed by atoms with E-state index in [2.05, 4.69) is 6.92 Å². The highest BCUT2D eigenvalue weighted by atomic mass is 16.5. The van der Waals surface area contributed by atoms with Crippen LogP contribution in [0.25, 0.3) is 0 Å². The lowest BCUT2D eigenvalue weighted by molar-refractivity contribution is -0.908. The van der Waals surface area contributed by atoms with Crippen LogP contribution in [0.1, 0.15) is 117 Å². The lowest BCUT2D eigenvalue weighted by atomic mass is 10.0. The van der Waals surface area contributed by atoms with Crippen molar-refractivity contribution in [1.29, 1.82) is 0 Å². The second kappa shape index (κ2) is 22.7. The zero-order valence-electron chi connectivity index (χ0n) is 19.1.